The molecule has 1 saturated carbocycles. The third-order valence-electron chi connectivity index (χ3n) is 3.52. The summed E-state index contributed by atoms with van der Waals surface area (Å²) in [4.78, 5) is 11.0. The zero-order valence-electron chi connectivity index (χ0n) is 9.54. The summed E-state index contributed by atoms with van der Waals surface area (Å²) >= 11 is 0. The van der Waals surface area contributed by atoms with Crippen LogP contribution in [-0.4, -0.2) is 11.1 Å². The Morgan fingerprint density at radius 2 is 2.06 bits per heavy atom. The van der Waals surface area contributed by atoms with E-state index in [1.54, 1.807) is 6.92 Å². The van der Waals surface area contributed by atoms with Crippen LogP contribution in [0.5, 0.6) is 0 Å². The summed E-state index contributed by atoms with van der Waals surface area (Å²) in [5, 5.41) is 9.05. The molecule has 0 amide bonds. The van der Waals surface area contributed by atoms with Crippen molar-refractivity contribution in [3.8, 4) is 0 Å². The van der Waals surface area contributed by atoms with Gasteiger partial charge in [-0.25, -0.2) is 8.78 Å². The van der Waals surface area contributed by atoms with Crippen molar-refractivity contribution in [1.29, 1.82) is 0 Å². The number of rotatable bonds is 2. The Morgan fingerprint density at radius 1 is 1.35 bits per heavy atom. The lowest BCUT2D eigenvalue weighted by Gasteiger charge is -2.18. The number of carboxylic acid groups (broad SMARTS) is 1. The Balaban J connectivity index is 2.46. The van der Waals surface area contributed by atoms with Crippen molar-refractivity contribution < 1.29 is 18.7 Å². The van der Waals surface area contributed by atoms with Crippen molar-refractivity contribution in [3.05, 3.63) is 34.9 Å². The van der Waals surface area contributed by atoms with E-state index in [4.69, 9.17) is 5.11 Å². The average Bonchev–Trinajstić information content (AvgIpc) is 2.73. The lowest BCUT2D eigenvalue weighted by atomic mass is 9.87. The summed E-state index contributed by atoms with van der Waals surface area (Å²) in [5.41, 5.74) is 0.312. The van der Waals surface area contributed by atoms with E-state index in [-0.39, 0.29) is 5.56 Å². The highest BCUT2D eigenvalue weighted by atomic mass is 19.1. The van der Waals surface area contributed by atoms with Crippen LogP contribution >= 0.6 is 0 Å². The van der Waals surface area contributed by atoms with E-state index >= 15 is 0 Å². The smallest absolute Gasteiger partial charge is 0.307 e. The number of benzene rings is 1. The Morgan fingerprint density at radius 3 is 2.71 bits per heavy atom. The van der Waals surface area contributed by atoms with Crippen molar-refractivity contribution in [2.75, 3.05) is 0 Å². The van der Waals surface area contributed by atoms with Gasteiger partial charge < -0.3 is 5.11 Å². The summed E-state index contributed by atoms with van der Waals surface area (Å²) in [6.07, 6.45) is 1.73. The number of hydrogen-bond donors (Lipinski definition) is 1. The molecule has 0 aliphatic heterocycles. The van der Waals surface area contributed by atoms with Crippen LogP contribution in [0.1, 0.15) is 36.3 Å². The maximum Gasteiger partial charge on any atom is 0.307 e. The number of carbonyl (C=O) groups is 1. The Kier molecular flexibility index (Phi) is 3.13. The molecule has 0 aromatic heterocycles. The van der Waals surface area contributed by atoms with Gasteiger partial charge in [0.05, 0.1) is 5.92 Å². The molecule has 1 fully saturated rings. The van der Waals surface area contributed by atoms with Gasteiger partial charge in [0.25, 0.3) is 0 Å². The minimum Gasteiger partial charge on any atom is -0.481 e. The van der Waals surface area contributed by atoms with E-state index in [9.17, 15) is 13.6 Å². The summed E-state index contributed by atoms with van der Waals surface area (Å²) in [7, 11) is 0. The fourth-order valence-corrected chi connectivity index (χ4v) is 2.62. The van der Waals surface area contributed by atoms with E-state index in [1.165, 1.54) is 12.1 Å². The second kappa shape index (κ2) is 4.43. The van der Waals surface area contributed by atoms with Crippen LogP contribution in [0.25, 0.3) is 0 Å². The molecular weight excluding hydrogens is 226 g/mol. The van der Waals surface area contributed by atoms with E-state index in [2.05, 4.69) is 0 Å². The molecule has 1 aromatic carbocycles. The van der Waals surface area contributed by atoms with Crippen molar-refractivity contribution in [1.82, 2.24) is 0 Å². The number of aryl methyl sites for hydroxylation is 1. The van der Waals surface area contributed by atoms with Crippen LogP contribution in [0.15, 0.2) is 12.1 Å². The molecular formula is C13H14F2O2. The number of halogens is 2. The largest absolute Gasteiger partial charge is 0.481 e. The third-order valence-corrected chi connectivity index (χ3v) is 3.52. The molecule has 17 heavy (non-hydrogen) atoms. The summed E-state index contributed by atoms with van der Waals surface area (Å²) in [5.74, 6) is -3.39. The molecule has 1 aliphatic carbocycles. The first-order valence-electron chi connectivity index (χ1n) is 5.69. The highest BCUT2D eigenvalue weighted by molar-refractivity contribution is 5.72. The Labute approximate surface area is 98.3 Å². The molecule has 2 nitrogen and oxygen atoms in total. The molecule has 1 N–H and O–H groups in total. The van der Waals surface area contributed by atoms with Crippen LogP contribution in [0, 0.1) is 24.5 Å². The number of carboxylic acids is 1. The molecule has 0 saturated heterocycles. The Hall–Kier alpha value is -1.45. The van der Waals surface area contributed by atoms with Gasteiger partial charge in [0.15, 0.2) is 0 Å². The van der Waals surface area contributed by atoms with Gasteiger partial charge in [-0.2, -0.15) is 0 Å². The Bertz CT molecular complexity index is 457. The highest BCUT2D eigenvalue weighted by Crippen LogP contribution is 2.42. The monoisotopic (exact) mass is 240 g/mol. The fourth-order valence-electron chi connectivity index (χ4n) is 2.62. The minimum absolute atomic E-state index is 0.0464. The average molecular weight is 240 g/mol. The molecule has 92 valence electrons. The lowest BCUT2D eigenvalue weighted by molar-refractivity contribution is -0.142. The van der Waals surface area contributed by atoms with E-state index in [0.29, 0.717) is 24.8 Å². The van der Waals surface area contributed by atoms with Gasteiger partial charge in [0.1, 0.15) is 11.6 Å². The fraction of sp³-hybridized carbons (Fsp3) is 0.462. The van der Waals surface area contributed by atoms with Crippen LogP contribution < -0.4 is 0 Å². The molecule has 1 aliphatic rings. The topological polar surface area (TPSA) is 37.3 Å². The summed E-state index contributed by atoms with van der Waals surface area (Å²) < 4.78 is 27.6. The number of aliphatic carboxylic acids is 1. The molecule has 2 rings (SSSR count). The molecule has 2 atom stereocenters. The summed E-state index contributed by atoms with van der Waals surface area (Å²) in [6.45, 7) is 1.56. The molecule has 2 unspecified atom stereocenters. The minimum atomic E-state index is -0.965. The zero-order chi connectivity index (χ0) is 12.6. The highest BCUT2D eigenvalue weighted by Gasteiger charge is 2.37. The molecule has 0 spiro atoms. The molecule has 0 radical (unpaired) electrons. The maximum atomic E-state index is 13.9. The van der Waals surface area contributed by atoms with Crippen molar-refractivity contribution in [2.45, 2.75) is 32.1 Å². The van der Waals surface area contributed by atoms with Gasteiger partial charge >= 0.3 is 5.97 Å². The SMILES string of the molecule is Cc1ccc(F)c(C2CCCC2C(=O)O)c1F. The van der Waals surface area contributed by atoms with E-state index < -0.39 is 29.4 Å². The van der Waals surface area contributed by atoms with Crippen LogP contribution in [0.3, 0.4) is 0 Å². The first kappa shape index (κ1) is 12.0. The van der Waals surface area contributed by atoms with Crippen molar-refractivity contribution in [3.63, 3.8) is 0 Å². The molecule has 0 heterocycles. The lowest BCUT2D eigenvalue weighted by Crippen LogP contribution is -2.19. The second-order valence-electron chi connectivity index (χ2n) is 4.57. The van der Waals surface area contributed by atoms with Crippen LogP contribution in [0.2, 0.25) is 0 Å². The first-order valence-corrected chi connectivity index (χ1v) is 5.69. The van der Waals surface area contributed by atoms with Crippen LogP contribution in [0.4, 0.5) is 8.78 Å². The van der Waals surface area contributed by atoms with E-state index in [1.807, 2.05) is 0 Å². The maximum absolute atomic E-state index is 13.9. The predicted octanol–water partition coefficient (Wildman–Crippen LogP) is 3.24. The molecule has 1 aromatic rings. The quantitative estimate of drug-likeness (QED) is 0.861. The predicted molar refractivity (Wildman–Crippen MR) is 58.8 cm³/mol. The normalized spacial score (nSPS) is 23.9. The van der Waals surface area contributed by atoms with Crippen LogP contribution in [-0.2, 0) is 4.79 Å². The van der Waals surface area contributed by atoms with Gasteiger partial charge in [0.2, 0.25) is 0 Å². The van der Waals surface area contributed by atoms with Gasteiger partial charge in [-0.1, -0.05) is 12.5 Å². The van der Waals surface area contributed by atoms with Gasteiger partial charge in [0, 0.05) is 11.5 Å². The molecule has 4 heteroatoms. The van der Waals surface area contributed by atoms with E-state index in [0.717, 1.165) is 0 Å². The standard InChI is InChI=1S/C13H14F2O2/c1-7-5-6-10(14)11(12(7)15)8-3-2-4-9(8)13(16)17/h5-6,8-9H,2-4H2,1H3,(H,16,17). The van der Waals surface area contributed by atoms with Gasteiger partial charge in [-0.05, 0) is 31.4 Å². The molecule has 0 bridgehead atoms. The van der Waals surface area contributed by atoms with Crippen molar-refractivity contribution >= 4 is 5.97 Å². The third kappa shape index (κ3) is 2.04. The number of hydrogen-bond acceptors (Lipinski definition) is 1. The van der Waals surface area contributed by atoms with Gasteiger partial charge in [-0.15, -0.1) is 0 Å². The van der Waals surface area contributed by atoms with Gasteiger partial charge in [-0.3, -0.25) is 4.79 Å². The van der Waals surface area contributed by atoms with Crippen molar-refractivity contribution in [2.24, 2.45) is 5.92 Å². The first-order chi connectivity index (χ1) is 8.02. The zero-order valence-corrected chi connectivity index (χ0v) is 9.54. The second-order valence-corrected chi connectivity index (χ2v) is 4.57. The summed E-state index contributed by atoms with van der Waals surface area (Å²) in [6, 6.07) is 2.59.